The molecule has 0 unspecified atom stereocenters. The van der Waals surface area contributed by atoms with Gasteiger partial charge < -0.3 is 10.9 Å². The fourth-order valence-electron chi connectivity index (χ4n) is 1.66. The molecule has 0 aliphatic rings. The van der Waals surface area contributed by atoms with E-state index < -0.39 is 10.0 Å². The maximum atomic E-state index is 12.1. The first-order valence-corrected chi connectivity index (χ1v) is 7.48. The average Bonchev–Trinajstić information content (AvgIpc) is 2.50. The van der Waals surface area contributed by atoms with Crippen molar-refractivity contribution in [2.75, 3.05) is 4.72 Å². The number of hydrogen-bond donors (Lipinski definition) is 3. The van der Waals surface area contributed by atoms with Gasteiger partial charge in [0.2, 0.25) is 0 Å². The molecule has 4 N–H and O–H groups in total. The number of nitrogens with two attached hydrogens (primary N) is 1. The zero-order valence-corrected chi connectivity index (χ0v) is 11.8. The fraction of sp³-hybridized carbons (Fsp3) is 0.0769. The Labute approximate surface area is 122 Å². The Hall–Kier alpha value is -2.61. The van der Waals surface area contributed by atoms with E-state index in [1.165, 1.54) is 18.5 Å². The number of nitrogens with zero attached hydrogens (tertiary/aromatic N) is 2. The third-order valence-electron chi connectivity index (χ3n) is 2.66. The quantitative estimate of drug-likeness (QED) is 0.332. The number of rotatable bonds is 5. The van der Waals surface area contributed by atoms with Crippen LogP contribution < -0.4 is 10.5 Å². The summed E-state index contributed by atoms with van der Waals surface area (Å²) in [7, 11) is -3.65. The minimum atomic E-state index is -3.65. The van der Waals surface area contributed by atoms with Gasteiger partial charge in [-0.15, -0.1) is 0 Å². The van der Waals surface area contributed by atoms with E-state index in [2.05, 4.69) is 14.9 Å². The molecule has 0 aliphatic carbocycles. The summed E-state index contributed by atoms with van der Waals surface area (Å²) in [6.07, 6.45) is 3.06. The van der Waals surface area contributed by atoms with Crippen LogP contribution in [0.5, 0.6) is 0 Å². The highest BCUT2D eigenvalue weighted by atomic mass is 32.2. The van der Waals surface area contributed by atoms with Crippen LogP contribution in [0.3, 0.4) is 0 Å². The van der Waals surface area contributed by atoms with Gasteiger partial charge in [0, 0.05) is 24.5 Å². The standard InChI is InChI=1S/C13H14N4O3S/c14-13(16-18)8-10-3-5-11(6-4-10)17-21(19,20)12-2-1-7-15-9-12/h1-7,9,17-18H,8H2,(H2,14,16). The van der Waals surface area contributed by atoms with Gasteiger partial charge >= 0.3 is 0 Å². The van der Waals surface area contributed by atoms with Crippen molar-refractivity contribution in [3.8, 4) is 0 Å². The van der Waals surface area contributed by atoms with E-state index in [0.717, 1.165) is 5.56 Å². The molecular weight excluding hydrogens is 292 g/mol. The fourth-order valence-corrected chi connectivity index (χ4v) is 2.68. The van der Waals surface area contributed by atoms with Gasteiger partial charge in [0.15, 0.2) is 0 Å². The van der Waals surface area contributed by atoms with Crippen molar-refractivity contribution in [3.63, 3.8) is 0 Å². The zero-order chi connectivity index (χ0) is 15.3. The SMILES string of the molecule is NC(Cc1ccc(NS(=O)(=O)c2cccnc2)cc1)=NO. The summed E-state index contributed by atoms with van der Waals surface area (Å²) >= 11 is 0. The Morgan fingerprint density at radius 3 is 2.57 bits per heavy atom. The number of oxime groups is 1. The number of hydrogen-bond acceptors (Lipinski definition) is 5. The van der Waals surface area contributed by atoms with Crippen LogP contribution in [0.1, 0.15) is 5.56 Å². The van der Waals surface area contributed by atoms with Gasteiger partial charge in [-0.2, -0.15) is 0 Å². The van der Waals surface area contributed by atoms with Gasteiger partial charge in [0.1, 0.15) is 10.7 Å². The van der Waals surface area contributed by atoms with E-state index in [0.29, 0.717) is 5.69 Å². The van der Waals surface area contributed by atoms with Gasteiger partial charge in [-0.25, -0.2) is 8.42 Å². The number of nitrogens with one attached hydrogen (secondary N) is 1. The summed E-state index contributed by atoms with van der Waals surface area (Å²) in [5.41, 5.74) is 6.62. The molecule has 110 valence electrons. The van der Waals surface area contributed by atoms with Crippen molar-refractivity contribution in [1.29, 1.82) is 0 Å². The Morgan fingerprint density at radius 2 is 2.00 bits per heavy atom. The average molecular weight is 306 g/mol. The van der Waals surface area contributed by atoms with E-state index in [1.807, 2.05) is 0 Å². The topological polar surface area (TPSA) is 118 Å². The van der Waals surface area contributed by atoms with Crippen LogP contribution in [0, 0.1) is 0 Å². The molecule has 0 fully saturated rings. The normalized spacial score (nSPS) is 12.1. The van der Waals surface area contributed by atoms with Gasteiger partial charge in [-0.1, -0.05) is 17.3 Å². The molecule has 8 heteroatoms. The van der Waals surface area contributed by atoms with Crippen LogP contribution in [-0.4, -0.2) is 24.4 Å². The summed E-state index contributed by atoms with van der Waals surface area (Å²) in [4.78, 5) is 3.87. The second-order valence-corrected chi connectivity index (χ2v) is 5.94. The Bertz CT molecular complexity index is 728. The van der Waals surface area contributed by atoms with Crippen LogP contribution >= 0.6 is 0 Å². The lowest BCUT2D eigenvalue weighted by atomic mass is 10.1. The minimum absolute atomic E-state index is 0.0821. The molecule has 2 aromatic rings. The molecule has 0 spiro atoms. The lowest BCUT2D eigenvalue weighted by molar-refractivity contribution is 0.317. The van der Waals surface area contributed by atoms with E-state index in [9.17, 15) is 8.42 Å². The maximum Gasteiger partial charge on any atom is 0.263 e. The van der Waals surface area contributed by atoms with Gasteiger partial charge in [0.25, 0.3) is 10.0 Å². The predicted molar refractivity (Wildman–Crippen MR) is 78.6 cm³/mol. The van der Waals surface area contributed by atoms with Gasteiger partial charge in [-0.3, -0.25) is 9.71 Å². The first kappa shape index (κ1) is 14.8. The van der Waals surface area contributed by atoms with Crippen molar-refractivity contribution in [1.82, 2.24) is 4.98 Å². The van der Waals surface area contributed by atoms with Crippen LogP contribution in [0.4, 0.5) is 5.69 Å². The highest BCUT2D eigenvalue weighted by Crippen LogP contribution is 2.16. The minimum Gasteiger partial charge on any atom is -0.409 e. The zero-order valence-electron chi connectivity index (χ0n) is 11.0. The number of anilines is 1. The summed E-state index contributed by atoms with van der Waals surface area (Å²) in [5.74, 6) is 0.0821. The van der Waals surface area contributed by atoms with E-state index in [4.69, 9.17) is 10.9 Å². The number of aromatic nitrogens is 1. The Balaban J connectivity index is 2.14. The number of benzene rings is 1. The molecule has 0 bridgehead atoms. The van der Waals surface area contributed by atoms with Crippen molar-refractivity contribution in [3.05, 3.63) is 54.4 Å². The predicted octanol–water partition coefficient (Wildman–Crippen LogP) is 1.17. The van der Waals surface area contributed by atoms with Crippen LogP contribution in [0.25, 0.3) is 0 Å². The van der Waals surface area contributed by atoms with E-state index in [-0.39, 0.29) is 17.2 Å². The van der Waals surface area contributed by atoms with Crippen LogP contribution in [-0.2, 0) is 16.4 Å². The number of amidine groups is 1. The van der Waals surface area contributed by atoms with E-state index >= 15 is 0 Å². The molecule has 0 aliphatic heterocycles. The molecule has 2 rings (SSSR count). The molecule has 21 heavy (non-hydrogen) atoms. The molecule has 0 amide bonds. The molecule has 7 nitrogen and oxygen atoms in total. The molecule has 0 atom stereocenters. The molecule has 1 aromatic heterocycles. The second kappa shape index (κ2) is 6.23. The van der Waals surface area contributed by atoms with Crippen molar-refractivity contribution in [2.45, 2.75) is 11.3 Å². The summed E-state index contributed by atoms with van der Waals surface area (Å²) in [5, 5.41) is 11.4. The smallest absolute Gasteiger partial charge is 0.263 e. The number of sulfonamides is 1. The first-order valence-electron chi connectivity index (χ1n) is 5.99. The monoisotopic (exact) mass is 306 g/mol. The number of pyridine rings is 1. The van der Waals surface area contributed by atoms with Crippen LogP contribution in [0.2, 0.25) is 0 Å². The van der Waals surface area contributed by atoms with Gasteiger partial charge in [0.05, 0.1) is 0 Å². The molecule has 0 saturated carbocycles. The van der Waals surface area contributed by atoms with Crippen molar-refractivity contribution < 1.29 is 13.6 Å². The Morgan fingerprint density at radius 1 is 1.29 bits per heavy atom. The lowest BCUT2D eigenvalue weighted by Crippen LogP contribution is -2.15. The largest absolute Gasteiger partial charge is 0.409 e. The summed E-state index contributed by atoms with van der Waals surface area (Å²) in [6.45, 7) is 0. The van der Waals surface area contributed by atoms with Crippen molar-refractivity contribution in [2.24, 2.45) is 10.9 Å². The highest BCUT2D eigenvalue weighted by molar-refractivity contribution is 7.92. The third-order valence-corrected chi connectivity index (χ3v) is 4.03. The highest BCUT2D eigenvalue weighted by Gasteiger charge is 2.13. The molecule has 0 saturated heterocycles. The first-order chi connectivity index (χ1) is 10.0. The van der Waals surface area contributed by atoms with Crippen LogP contribution in [0.15, 0.2) is 58.8 Å². The third kappa shape index (κ3) is 3.93. The second-order valence-electron chi connectivity index (χ2n) is 4.26. The van der Waals surface area contributed by atoms with Gasteiger partial charge in [-0.05, 0) is 29.8 Å². The Kier molecular flexibility index (Phi) is 4.39. The van der Waals surface area contributed by atoms with E-state index in [1.54, 1.807) is 30.3 Å². The van der Waals surface area contributed by atoms with Crippen molar-refractivity contribution >= 4 is 21.5 Å². The summed E-state index contributed by atoms with van der Waals surface area (Å²) in [6, 6.07) is 9.61. The summed E-state index contributed by atoms with van der Waals surface area (Å²) < 4.78 is 26.6. The molecule has 1 aromatic carbocycles. The molecule has 0 radical (unpaired) electrons. The molecule has 1 heterocycles. The maximum absolute atomic E-state index is 12.1. The molecular formula is C13H14N4O3S. The lowest BCUT2D eigenvalue weighted by Gasteiger charge is -2.08.